The molecule has 2 aliphatic rings. The second-order valence-corrected chi connectivity index (χ2v) is 10.4. The van der Waals surface area contributed by atoms with Gasteiger partial charge in [0.2, 0.25) is 16.7 Å². The van der Waals surface area contributed by atoms with Crippen molar-refractivity contribution < 1.29 is 24.3 Å². The molecule has 37 heavy (non-hydrogen) atoms. The number of rotatable bonds is 12. The number of carbonyl (C=O) groups excluding carboxylic acids is 2. The molecule has 2 aromatic rings. The molecule has 16 nitrogen and oxygen atoms in total. The van der Waals surface area contributed by atoms with Crippen LogP contribution in [0, 0.1) is 0 Å². The van der Waals surface area contributed by atoms with Crippen LogP contribution in [0.2, 0.25) is 0 Å². The molecule has 4 rings (SSSR count). The molecule has 0 aliphatic carbocycles. The smallest absolute Gasteiger partial charge is 0.352 e. The monoisotopic (exact) mass is 569 g/mol. The Morgan fingerprint density at radius 2 is 2.22 bits per heavy atom. The van der Waals surface area contributed by atoms with E-state index in [9.17, 15) is 19.5 Å². The highest BCUT2D eigenvalue weighted by Crippen LogP contribution is 2.41. The summed E-state index contributed by atoms with van der Waals surface area (Å²) in [6.07, 6.45) is 0.692. The molecule has 2 atom stereocenters. The van der Waals surface area contributed by atoms with Gasteiger partial charge in [-0.15, -0.1) is 16.9 Å². The van der Waals surface area contributed by atoms with Gasteiger partial charge in [-0.05, 0) is 35.9 Å². The number of carboxylic acid groups (broad SMARTS) is 1. The maximum Gasteiger partial charge on any atom is 0.352 e. The van der Waals surface area contributed by atoms with Crippen molar-refractivity contribution in [2.24, 2.45) is 10.9 Å². The first-order chi connectivity index (χ1) is 17.8. The van der Waals surface area contributed by atoms with Gasteiger partial charge in [0.05, 0.1) is 0 Å². The number of amides is 2. The number of oxime groups is 1. The highest BCUT2D eigenvalue weighted by atomic mass is 32.2. The third kappa shape index (κ3) is 5.68. The number of aliphatic carboxylic acids is 1. The number of tetrazole rings is 1. The molecule has 4 heterocycles. The van der Waals surface area contributed by atoms with Gasteiger partial charge in [-0.2, -0.15) is 9.36 Å². The van der Waals surface area contributed by atoms with Crippen molar-refractivity contribution in [1.82, 2.24) is 39.8 Å². The van der Waals surface area contributed by atoms with Crippen molar-refractivity contribution in [3.8, 4) is 0 Å². The Bertz CT molecular complexity index is 1250. The summed E-state index contributed by atoms with van der Waals surface area (Å²) in [5.41, 5.74) is 11.4. The molecule has 0 spiro atoms. The van der Waals surface area contributed by atoms with Gasteiger partial charge in [0.25, 0.3) is 11.8 Å². The zero-order valence-electron chi connectivity index (χ0n) is 19.4. The fourth-order valence-electron chi connectivity index (χ4n) is 3.48. The lowest BCUT2D eigenvalue weighted by atomic mass is 10.0. The van der Waals surface area contributed by atoms with Gasteiger partial charge < -0.3 is 26.7 Å². The highest BCUT2D eigenvalue weighted by Gasteiger charge is 2.54. The Morgan fingerprint density at radius 1 is 1.41 bits per heavy atom. The summed E-state index contributed by atoms with van der Waals surface area (Å²) in [6.45, 7) is 2.90. The number of anilines is 1. The van der Waals surface area contributed by atoms with Crippen LogP contribution in [0.15, 0.2) is 21.6 Å². The second kappa shape index (κ2) is 11.8. The number of nitrogens with two attached hydrogens (primary N) is 2. The van der Waals surface area contributed by atoms with E-state index in [1.165, 1.54) is 28.4 Å². The number of carbonyl (C=O) groups is 3. The molecule has 0 bridgehead atoms. The molecule has 2 amide bonds. The Hall–Kier alpha value is -3.29. The lowest BCUT2D eigenvalue weighted by Crippen LogP contribution is -2.71. The van der Waals surface area contributed by atoms with Crippen molar-refractivity contribution in [1.29, 1.82) is 0 Å². The summed E-state index contributed by atoms with van der Waals surface area (Å²) in [6, 6.07) is -0.965. The number of thioether (sulfide) groups is 2. The second-order valence-electron chi connectivity index (χ2n) is 7.55. The van der Waals surface area contributed by atoms with Crippen LogP contribution in [0.1, 0.15) is 19.2 Å². The normalized spacial score (nSPS) is 19.5. The lowest BCUT2D eigenvalue weighted by Gasteiger charge is -2.49. The molecular formula is C18H23N11O5S3. The number of aryl methyl sites for hydroxylation is 1. The van der Waals surface area contributed by atoms with Crippen LogP contribution in [0.4, 0.5) is 5.13 Å². The van der Waals surface area contributed by atoms with Gasteiger partial charge in [0.15, 0.2) is 5.13 Å². The van der Waals surface area contributed by atoms with Gasteiger partial charge in [-0.3, -0.25) is 14.5 Å². The zero-order chi connectivity index (χ0) is 26.5. The summed E-state index contributed by atoms with van der Waals surface area (Å²) in [4.78, 5) is 48.2. The average molecular weight is 570 g/mol. The summed E-state index contributed by atoms with van der Waals surface area (Å²) in [5.74, 6) is -1.96. The largest absolute Gasteiger partial charge is 0.477 e. The van der Waals surface area contributed by atoms with Crippen LogP contribution in [0.5, 0.6) is 0 Å². The van der Waals surface area contributed by atoms with Crippen LogP contribution in [-0.4, -0.2) is 99.1 Å². The number of nitrogens with zero attached hydrogens (tertiary/aromatic N) is 8. The van der Waals surface area contributed by atoms with Crippen molar-refractivity contribution in [2.45, 2.75) is 36.5 Å². The summed E-state index contributed by atoms with van der Waals surface area (Å²) >= 11 is 3.50. The quantitative estimate of drug-likeness (QED) is 0.101. The van der Waals surface area contributed by atoms with E-state index in [4.69, 9.17) is 16.3 Å². The molecule has 1 unspecified atom stereocenters. The summed E-state index contributed by atoms with van der Waals surface area (Å²) in [5, 5.41) is 27.9. The average Bonchev–Trinajstić information content (AvgIpc) is 3.52. The van der Waals surface area contributed by atoms with Crippen LogP contribution < -0.4 is 16.8 Å². The number of nitrogen functional groups attached to an aromatic ring is 1. The Kier molecular flexibility index (Phi) is 8.56. The van der Waals surface area contributed by atoms with Gasteiger partial charge in [-0.1, -0.05) is 16.9 Å². The van der Waals surface area contributed by atoms with Crippen molar-refractivity contribution in [3.63, 3.8) is 0 Å². The number of carboxylic acids is 1. The number of hydrogen-bond donors (Lipinski definition) is 4. The first kappa shape index (κ1) is 26.8. The minimum absolute atomic E-state index is 0.0346. The third-order valence-corrected chi connectivity index (χ3v) is 8.06. The zero-order valence-corrected chi connectivity index (χ0v) is 21.9. The summed E-state index contributed by atoms with van der Waals surface area (Å²) in [7, 11) is 0. The van der Waals surface area contributed by atoms with Gasteiger partial charge in [-0.25, -0.2) is 9.48 Å². The first-order valence-corrected chi connectivity index (χ1v) is 13.8. The molecule has 6 N–H and O–H groups in total. The molecule has 1 fully saturated rings. The molecule has 2 aromatic heterocycles. The third-order valence-electron chi connectivity index (χ3n) is 5.14. The molecule has 1 saturated heterocycles. The molecule has 0 saturated carbocycles. The topological polar surface area (TPSA) is 230 Å². The number of β-lactam (4-membered cyclic amide) rings is 1. The van der Waals surface area contributed by atoms with Gasteiger partial charge in [0, 0.05) is 29.6 Å². The maximum atomic E-state index is 13.0. The van der Waals surface area contributed by atoms with Crippen LogP contribution in [-0.2, 0) is 25.8 Å². The van der Waals surface area contributed by atoms with E-state index in [-0.39, 0.29) is 34.7 Å². The van der Waals surface area contributed by atoms with E-state index >= 15 is 0 Å². The van der Waals surface area contributed by atoms with E-state index in [0.717, 1.165) is 11.5 Å². The van der Waals surface area contributed by atoms with Crippen molar-refractivity contribution in [3.05, 3.63) is 17.1 Å². The maximum absolute atomic E-state index is 13.0. The molecule has 0 aromatic carbocycles. The molecule has 2 aliphatic heterocycles. The molecular weight excluding hydrogens is 546 g/mol. The number of aromatic nitrogens is 6. The first-order valence-electron chi connectivity index (χ1n) is 10.9. The van der Waals surface area contributed by atoms with Crippen molar-refractivity contribution >= 4 is 63.7 Å². The van der Waals surface area contributed by atoms with E-state index in [2.05, 4.69) is 35.4 Å². The molecule has 0 radical (unpaired) electrons. The van der Waals surface area contributed by atoms with Crippen LogP contribution >= 0.6 is 35.1 Å². The van der Waals surface area contributed by atoms with E-state index in [0.29, 0.717) is 36.0 Å². The Balaban J connectivity index is 1.47. The van der Waals surface area contributed by atoms with E-state index in [1.807, 2.05) is 0 Å². The molecule has 19 heteroatoms. The minimum atomic E-state index is -1.23. The highest BCUT2D eigenvalue weighted by molar-refractivity contribution is 8.01. The SMILES string of the molecule is CCO/N=C(\C(=O)NC1C(=O)N2C(C(=O)O)=C(CSc3nnnn3CCCN)CS[C@H]12)c1nsc(N)n1. The van der Waals surface area contributed by atoms with Gasteiger partial charge >= 0.3 is 5.97 Å². The predicted molar refractivity (Wildman–Crippen MR) is 134 cm³/mol. The van der Waals surface area contributed by atoms with E-state index in [1.54, 1.807) is 11.6 Å². The lowest BCUT2D eigenvalue weighted by molar-refractivity contribution is -0.150. The predicted octanol–water partition coefficient (Wildman–Crippen LogP) is -1.27. The number of nitrogens with one attached hydrogen (secondary N) is 1. The number of hydrogen-bond acceptors (Lipinski definition) is 15. The Labute approximate surface area is 222 Å². The standard InChI is InChI=1S/C18H23N11O5S3/c1-2-34-24-9(12-22-17(20)37-25-12)13(30)21-10-14(31)29-11(16(32)33)8(6-35-15(10)29)7-36-18-23-26-27-28(18)5-3-4-19/h10,15H,2-7,19H2,1H3,(H,21,30)(H,32,33)(H2,20,22,25)/b24-9-/t10?,15-/m1/s1. The fourth-order valence-corrected chi connectivity index (χ4v) is 6.30. The summed E-state index contributed by atoms with van der Waals surface area (Å²) < 4.78 is 5.58. The van der Waals surface area contributed by atoms with Crippen LogP contribution in [0.3, 0.4) is 0 Å². The van der Waals surface area contributed by atoms with E-state index < -0.39 is 29.2 Å². The fraction of sp³-hybridized carbons (Fsp3) is 0.500. The van der Waals surface area contributed by atoms with Crippen molar-refractivity contribution in [2.75, 3.05) is 30.4 Å². The van der Waals surface area contributed by atoms with Gasteiger partial charge in [0.1, 0.15) is 23.7 Å². The Morgan fingerprint density at radius 3 is 2.89 bits per heavy atom. The molecule has 198 valence electrons. The number of fused-ring (bicyclic) bond motifs is 1. The minimum Gasteiger partial charge on any atom is -0.477 e. The van der Waals surface area contributed by atoms with Crippen LogP contribution in [0.25, 0.3) is 0 Å².